The zero-order valence-electron chi connectivity index (χ0n) is 11.0. The van der Waals surface area contributed by atoms with Crippen LogP contribution in [0.25, 0.3) is 0 Å². The molecule has 1 atom stereocenters. The number of ether oxygens (including phenoxy) is 1. The summed E-state index contributed by atoms with van der Waals surface area (Å²) < 4.78 is 30.9. The molecule has 0 heterocycles. The van der Waals surface area contributed by atoms with E-state index in [1.54, 1.807) is 13.0 Å². The number of rotatable bonds is 6. The van der Waals surface area contributed by atoms with Crippen LogP contribution in [0.1, 0.15) is 11.1 Å². The average Bonchev–Trinajstić information content (AvgIpc) is 2.31. The molecule has 0 spiro atoms. The molecule has 0 aliphatic heterocycles. The van der Waals surface area contributed by atoms with Crippen LogP contribution < -0.4 is 4.72 Å². The SMILES string of the molecule is COCC(NS(=O)(=O)c1ccc(C)c(C)c1)C(=O)O. The first kappa shape index (κ1) is 15.6. The van der Waals surface area contributed by atoms with E-state index in [4.69, 9.17) is 5.11 Å². The molecule has 1 aromatic rings. The van der Waals surface area contributed by atoms with Crippen molar-refractivity contribution in [2.24, 2.45) is 0 Å². The topological polar surface area (TPSA) is 92.7 Å². The third kappa shape index (κ3) is 4.02. The van der Waals surface area contributed by atoms with Gasteiger partial charge in [0.25, 0.3) is 0 Å². The lowest BCUT2D eigenvalue weighted by molar-refractivity contribution is -0.140. The zero-order chi connectivity index (χ0) is 14.6. The van der Waals surface area contributed by atoms with E-state index in [0.717, 1.165) is 11.1 Å². The zero-order valence-corrected chi connectivity index (χ0v) is 11.8. The van der Waals surface area contributed by atoms with Gasteiger partial charge in [0.1, 0.15) is 6.04 Å². The van der Waals surface area contributed by atoms with Gasteiger partial charge in [0.15, 0.2) is 0 Å². The molecule has 0 saturated carbocycles. The van der Waals surface area contributed by atoms with E-state index >= 15 is 0 Å². The van der Waals surface area contributed by atoms with Gasteiger partial charge in [0, 0.05) is 7.11 Å². The Morgan fingerprint density at radius 3 is 2.47 bits per heavy atom. The van der Waals surface area contributed by atoms with Crippen LogP contribution >= 0.6 is 0 Å². The molecule has 0 aliphatic rings. The normalized spacial score (nSPS) is 13.2. The van der Waals surface area contributed by atoms with E-state index < -0.39 is 22.0 Å². The van der Waals surface area contributed by atoms with Crippen LogP contribution in [0.5, 0.6) is 0 Å². The second-order valence-corrected chi connectivity index (χ2v) is 5.93. The van der Waals surface area contributed by atoms with Crippen molar-refractivity contribution in [2.45, 2.75) is 24.8 Å². The summed E-state index contributed by atoms with van der Waals surface area (Å²) in [6.45, 7) is 3.42. The molecule has 0 radical (unpaired) electrons. The molecule has 6 nitrogen and oxygen atoms in total. The van der Waals surface area contributed by atoms with Gasteiger partial charge < -0.3 is 9.84 Å². The molecule has 0 aliphatic carbocycles. The lowest BCUT2D eigenvalue weighted by atomic mass is 10.1. The Balaban J connectivity index is 3.03. The van der Waals surface area contributed by atoms with E-state index in [9.17, 15) is 13.2 Å². The Bertz CT molecular complexity index is 567. The van der Waals surface area contributed by atoms with Gasteiger partial charge in [-0.1, -0.05) is 6.07 Å². The number of sulfonamides is 1. The molecule has 19 heavy (non-hydrogen) atoms. The van der Waals surface area contributed by atoms with Crippen molar-refractivity contribution in [2.75, 3.05) is 13.7 Å². The Labute approximate surface area is 112 Å². The van der Waals surface area contributed by atoms with Crippen molar-refractivity contribution < 1.29 is 23.1 Å². The van der Waals surface area contributed by atoms with E-state index in [1.807, 2.05) is 6.92 Å². The minimum absolute atomic E-state index is 0.0398. The third-order valence-electron chi connectivity index (χ3n) is 2.72. The number of aliphatic carboxylic acids is 1. The number of carboxylic acid groups (broad SMARTS) is 1. The number of methoxy groups -OCH3 is 1. The number of hydrogen-bond acceptors (Lipinski definition) is 4. The average molecular weight is 287 g/mol. The van der Waals surface area contributed by atoms with Crippen molar-refractivity contribution in [3.05, 3.63) is 29.3 Å². The summed E-state index contributed by atoms with van der Waals surface area (Å²) in [4.78, 5) is 11.0. The largest absolute Gasteiger partial charge is 0.480 e. The van der Waals surface area contributed by atoms with Crippen molar-refractivity contribution in [3.63, 3.8) is 0 Å². The molecule has 0 bridgehead atoms. The van der Waals surface area contributed by atoms with E-state index in [2.05, 4.69) is 9.46 Å². The van der Waals surface area contributed by atoms with Crippen LogP contribution in [-0.4, -0.2) is 39.3 Å². The van der Waals surface area contributed by atoms with Gasteiger partial charge in [-0.3, -0.25) is 4.79 Å². The molecular weight excluding hydrogens is 270 g/mol. The quantitative estimate of drug-likeness (QED) is 0.802. The minimum Gasteiger partial charge on any atom is -0.480 e. The molecule has 2 N–H and O–H groups in total. The van der Waals surface area contributed by atoms with Gasteiger partial charge in [-0.25, -0.2) is 8.42 Å². The first-order valence-electron chi connectivity index (χ1n) is 5.59. The second-order valence-electron chi connectivity index (χ2n) is 4.21. The Morgan fingerprint density at radius 1 is 1.37 bits per heavy atom. The summed E-state index contributed by atoms with van der Waals surface area (Å²) in [5, 5.41) is 8.91. The predicted octanol–water partition coefficient (Wildman–Crippen LogP) is 0.681. The maximum atomic E-state index is 12.1. The molecule has 0 fully saturated rings. The number of nitrogens with one attached hydrogen (secondary N) is 1. The van der Waals surface area contributed by atoms with Crippen LogP contribution in [0.2, 0.25) is 0 Å². The Morgan fingerprint density at radius 2 is 2.00 bits per heavy atom. The van der Waals surface area contributed by atoms with E-state index in [-0.39, 0.29) is 11.5 Å². The molecule has 0 amide bonds. The summed E-state index contributed by atoms with van der Waals surface area (Å²) in [7, 11) is -2.57. The highest BCUT2D eigenvalue weighted by Crippen LogP contribution is 2.15. The molecule has 0 saturated heterocycles. The summed E-state index contributed by atoms with van der Waals surface area (Å²) in [6, 6.07) is 3.31. The lowest BCUT2D eigenvalue weighted by Gasteiger charge is -2.14. The maximum Gasteiger partial charge on any atom is 0.324 e. The Kier molecular flexibility index (Phi) is 5.04. The lowest BCUT2D eigenvalue weighted by Crippen LogP contribution is -2.43. The molecule has 0 aromatic heterocycles. The van der Waals surface area contributed by atoms with Crippen molar-refractivity contribution in [1.29, 1.82) is 0 Å². The van der Waals surface area contributed by atoms with Crippen LogP contribution in [0.4, 0.5) is 0 Å². The van der Waals surface area contributed by atoms with Gasteiger partial charge in [0.05, 0.1) is 11.5 Å². The molecule has 1 rings (SSSR count). The fourth-order valence-electron chi connectivity index (χ4n) is 1.46. The van der Waals surface area contributed by atoms with Crippen molar-refractivity contribution in [1.82, 2.24) is 4.72 Å². The molecular formula is C12H17NO5S. The maximum absolute atomic E-state index is 12.1. The van der Waals surface area contributed by atoms with Crippen molar-refractivity contribution >= 4 is 16.0 Å². The van der Waals surface area contributed by atoms with Crippen LogP contribution in [0.15, 0.2) is 23.1 Å². The van der Waals surface area contributed by atoms with Crippen LogP contribution in [0, 0.1) is 13.8 Å². The second kappa shape index (κ2) is 6.14. The van der Waals surface area contributed by atoms with Gasteiger partial charge in [-0.15, -0.1) is 0 Å². The number of aryl methyl sites for hydroxylation is 2. The minimum atomic E-state index is -3.88. The van der Waals surface area contributed by atoms with Gasteiger partial charge in [-0.2, -0.15) is 4.72 Å². The summed E-state index contributed by atoms with van der Waals surface area (Å²) in [5.74, 6) is -1.28. The number of carbonyl (C=O) groups is 1. The predicted molar refractivity (Wildman–Crippen MR) is 69.5 cm³/mol. The van der Waals surface area contributed by atoms with Gasteiger partial charge in [-0.05, 0) is 37.1 Å². The standard InChI is InChI=1S/C12H17NO5S/c1-8-4-5-10(6-9(8)2)19(16,17)13-11(7-18-3)12(14)15/h4-6,11,13H,7H2,1-3H3,(H,14,15). The molecule has 106 valence electrons. The number of benzene rings is 1. The first-order chi connectivity index (χ1) is 8.77. The monoisotopic (exact) mass is 287 g/mol. The third-order valence-corrected chi connectivity index (χ3v) is 4.19. The van der Waals surface area contributed by atoms with Crippen LogP contribution in [-0.2, 0) is 19.6 Å². The molecule has 1 unspecified atom stereocenters. The number of hydrogen-bond donors (Lipinski definition) is 2. The first-order valence-corrected chi connectivity index (χ1v) is 7.07. The highest BCUT2D eigenvalue weighted by molar-refractivity contribution is 7.89. The van der Waals surface area contributed by atoms with Gasteiger partial charge >= 0.3 is 5.97 Å². The number of carboxylic acids is 1. The highest BCUT2D eigenvalue weighted by Gasteiger charge is 2.25. The summed E-state index contributed by atoms with van der Waals surface area (Å²) in [6.07, 6.45) is 0. The van der Waals surface area contributed by atoms with E-state index in [1.165, 1.54) is 19.2 Å². The fourth-order valence-corrected chi connectivity index (χ4v) is 2.72. The van der Waals surface area contributed by atoms with Gasteiger partial charge in [0.2, 0.25) is 10.0 Å². The Hall–Kier alpha value is -1.44. The molecule has 7 heteroatoms. The van der Waals surface area contributed by atoms with E-state index in [0.29, 0.717) is 0 Å². The summed E-state index contributed by atoms with van der Waals surface area (Å²) >= 11 is 0. The fraction of sp³-hybridized carbons (Fsp3) is 0.417. The van der Waals surface area contributed by atoms with Crippen molar-refractivity contribution in [3.8, 4) is 0 Å². The molecule has 1 aromatic carbocycles. The van der Waals surface area contributed by atoms with Crippen LogP contribution in [0.3, 0.4) is 0 Å². The highest BCUT2D eigenvalue weighted by atomic mass is 32.2. The summed E-state index contributed by atoms with van der Waals surface area (Å²) in [5.41, 5.74) is 1.78. The smallest absolute Gasteiger partial charge is 0.324 e.